The molecule has 2 aromatic rings. The highest BCUT2D eigenvalue weighted by Gasteiger charge is 2.25. The molecule has 1 N–H and O–H groups in total. The van der Waals surface area contributed by atoms with Gasteiger partial charge in [-0.25, -0.2) is 0 Å². The summed E-state index contributed by atoms with van der Waals surface area (Å²) in [4.78, 5) is 11.1. The van der Waals surface area contributed by atoms with Gasteiger partial charge in [0.05, 0.1) is 13.0 Å². The van der Waals surface area contributed by atoms with Gasteiger partial charge >= 0.3 is 0 Å². The van der Waals surface area contributed by atoms with E-state index in [2.05, 4.69) is 12.1 Å². The molecule has 2 aromatic carbocycles. The van der Waals surface area contributed by atoms with Crippen LogP contribution in [0.15, 0.2) is 42.5 Å². The highest BCUT2D eigenvalue weighted by Crippen LogP contribution is 2.39. The molecule has 0 radical (unpaired) electrons. The van der Waals surface area contributed by atoms with Crippen LogP contribution in [-0.2, 0) is 11.2 Å². The van der Waals surface area contributed by atoms with Crippen molar-refractivity contribution in [1.29, 1.82) is 5.41 Å². The lowest BCUT2D eigenvalue weighted by Crippen LogP contribution is -2.07. The summed E-state index contributed by atoms with van der Waals surface area (Å²) in [6.45, 7) is 0. The van der Waals surface area contributed by atoms with E-state index in [1.807, 2.05) is 12.1 Å². The standard InChI is InChI=1S/C19H19NO3/c1-22-18-9-7-14(15(11-20)12-21)10-19(18)23-17-8-6-13-4-2-3-5-16(13)17/h2-5,7,9-12,15,17,20H,6,8H2,1H3. The highest BCUT2D eigenvalue weighted by molar-refractivity contribution is 5.86. The topological polar surface area (TPSA) is 59.4 Å². The number of benzene rings is 2. The number of carbonyl (C=O) groups excluding carboxylic acids is 1. The Morgan fingerprint density at radius 3 is 2.78 bits per heavy atom. The van der Waals surface area contributed by atoms with Gasteiger partial charge in [0.25, 0.3) is 0 Å². The lowest BCUT2D eigenvalue weighted by Gasteiger charge is -2.18. The monoisotopic (exact) mass is 309 g/mol. The fourth-order valence-corrected chi connectivity index (χ4v) is 3.00. The van der Waals surface area contributed by atoms with Crippen molar-refractivity contribution in [2.45, 2.75) is 24.9 Å². The quantitative estimate of drug-likeness (QED) is 0.654. The van der Waals surface area contributed by atoms with Gasteiger partial charge in [0.1, 0.15) is 12.4 Å². The Balaban J connectivity index is 1.91. The normalized spacial score (nSPS) is 17.2. The van der Waals surface area contributed by atoms with Crippen LogP contribution in [0.5, 0.6) is 11.5 Å². The first kappa shape index (κ1) is 15.3. The molecule has 0 fully saturated rings. The number of hydrogen-bond donors (Lipinski definition) is 1. The molecule has 0 heterocycles. The van der Waals surface area contributed by atoms with Gasteiger partial charge in [-0.1, -0.05) is 30.3 Å². The van der Waals surface area contributed by atoms with E-state index in [9.17, 15) is 4.79 Å². The number of aldehydes is 1. The molecule has 1 aliphatic rings. The number of rotatable bonds is 6. The van der Waals surface area contributed by atoms with Gasteiger partial charge in [-0.15, -0.1) is 0 Å². The number of aryl methyl sites for hydroxylation is 1. The minimum absolute atomic E-state index is 0.00925. The Hall–Kier alpha value is -2.62. The number of nitrogens with one attached hydrogen (secondary N) is 1. The molecule has 3 rings (SSSR count). The second kappa shape index (κ2) is 6.65. The van der Waals surface area contributed by atoms with E-state index in [0.29, 0.717) is 11.5 Å². The molecule has 1 aliphatic carbocycles. The van der Waals surface area contributed by atoms with Gasteiger partial charge < -0.3 is 19.7 Å². The van der Waals surface area contributed by atoms with E-state index in [1.54, 1.807) is 25.3 Å². The average molecular weight is 309 g/mol. The predicted octanol–water partition coefficient (Wildman–Crippen LogP) is 3.69. The predicted molar refractivity (Wildman–Crippen MR) is 88.7 cm³/mol. The molecule has 0 saturated heterocycles. The van der Waals surface area contributed by atoms with Crippen LogP contribution in [0, 0.1) is 5.41 Å². The van der Waals surface area contributed by atoms with Crippen LogP contribution in [0.3, 0.4) is 0 Å². The van der Waals surface area contributed by atoms with Gasteiger partial charge in [0.2, 0.25) is 0 Å². The van der Waals surface area contributed by atoms with Crippen LogP contribution in [0.1, 0.15) is 35.1 Å². The first-order chi connectivity index (χ1) is 11.3. The fraction of sp³-hybridized carbons (Fsp3) is 0.263. The molecule has 0 spiro atoms. The summed E-state index contributed by atoms with van der Waals surface area (Å²) in [6.07, 6.45) is 3.80. The van der Waals surface area contributed by atoms with Gasteiger partial charge in [0.15, 0.2) is 11.5 Å². The molecule has 0 saturated carbocycles. The maximum absolute atomic E-state index is 11.1. The van der Waals surface area contributed by atoms with Crippen molar-refractivity contribution in [1.82, 2.24) is 0 Å². The number of methoxy groups -OCH3 is 1. The first-order valence-corrected chi connectivity index (χ1v) is 7.65. The lowest BCUT2D eigenvalue weighted by atomic mass is 10.0. The second-order valence-electron chi connectivity index (χ2n) is 5.58. The Kier molecular flexibility index (Phi) is 4.42. The zero-order valence-electron chi connectivity index (χ0n) is 13.0. The summed E-state index contributed by atoms with van der Waals surface area (Å²) >= 11 is 0. The van der Waals surface area contributed by atoms with E-state index < -0.39 is 5.92 Å². The van der Waals surface area contributed by atoms with E-state index in [-0.39, 0.29) is 6.10 Å². The summed E-state index contributed by atoms with van der Waals surface area (Å²) < 4.78 is 11.6. The van der Waals surface area contributed by atoms with Crippen molar-refractivity contribution < 1.29 is 14.3 Å². The third-order valence-corrected chi connectivity index (χ3v) is 4.25. The Morgan fingerprint density at radius 2 is 2.04 bits per heavy atom. The largest absolute Gasteiger partial charge is 0.493 e. The van der Waals surface area contributed by atoms with Gasteiger partial charge in [0, 0.05) is 6.21 Å². The minimum Gasteiger partial charge on any atom is -0.493 e. The van der Waals surface area contributed by atoms with Crippen molar-refractivity contribution in [3.8, 4) is 11.5 Å². The maximum atomic E-state index is 11.1. The van der Waals surface area contributed by atoms with E-state index in [0.717, 1.165) is 30.9 Å². The van der Waals surface area contributed by atoms with Crippen LogP contribution in [0.2, 0.25) is 0 Å². The SMILES string of the molecule is COc1ccc(C(C=N)C=O)cc1OC1CCc2ccccc21. The summed E-state index contributed by atoms with van der Waals surface area (Å²) in [7, 11) is 1.60. The number of fused-ring (bicyclic) bond motifs is 1. The average Bonchev–Trinajstić information content (AvgIpc) is 2.99. The van der Waals surface area contributed by atoms with Gasteiger partial charge in [-0.3, -0.25) is 0 Å². The number of hydrogen-bond acceptors (Lipinski definition) is 4. The van der Waals surface area contributed by atoms with Crippen molar-refractivity contribution in [3.63, 3.8) is 0 Å². The molecular weight excluding hydrogens is 290 g/mol. The number of carbonyl (C=O) groups is 1. The summed E-state index contributed by atoms with van der Waals surface area (Å²) in [5.74, 6) is 0.687. The first-order valence-electron chi connectivity index (χ1n) is 7.65. The molecule has 118 valence electrons. The Bertz CT molecular complexity index is 718. The van der Waals surface area contributed by atoms with Crippen molar-refractivity contribution in [2.24, 2.45) is 0 Å². The molecule has 2 atom stereocenters. The molecular formula is C19H19NO3. The minimum atomic E-state index is -0.556. The second-order valence-corrected chi connectivity index (χ2v) is 5.58. The maximum Gasteiger partial charge on any atom is 0.162 e. The molecule has 0 aromatic heterocycles. The van der Waals surface area contributed by atoms with E-state index in [4.69, 9.17) is 14.9 Å². The van der Waals surface area contributed by atoms with E-state index >= 15 is 0 Å². The summed E-state index contributed by atoms with van der Waals surface area (Å²) in [5.41, 5.74) is 3.26. The van der Waals surface area contributed by atoms with E-state index in [1.165, 1.54) is 11.1 Å². The zero-order chi connectivity index (χ0) is 16.2. The van der Waals surface area contributed by atoms with Crippen LogP contribution >= 0.6 is 0 Å². The van der Waals surface area contributed by atoms with Crippen LogP contribution in [-0.4, -0.2) is 19.6 Å². The molecule has 0 aliphatic heterocycles. The summed E-state index contributed by atoms with van der Waals surface area (Å²) in [6, 6.07) is 13.7. The Labute approximate surface area is 135 Å². The smallest absolute Gasteiger partial charge is 0.162 e. The third-order valence-electron chi connectivity index (χ3n) is 4.25. The van der Waals surface area contributed by atoms with Crippen LogP contribution < -0.4 is 9.47 Å². The highest BCUT2D eigenvalue weighted by atomic mass is 16.5. The van der Waals surface area contributed by atoms with Crippen molar-refractivity contribution in [3.05, 3.63) is 59.2 Å². The summed E-state index contributed by atoms with van der Waals surface area (Å²) in [5, 5.41) is 7.36. The molecule has 2 unspecified atom stereocenters. The molecule has 4 heteroatoms. The molecule has 0 bridgehead atoms. The van der Waals surface area contributed by atoms with Gasteiger partial charge in [-0.05, 0) is 41.7 Å². The van der Waals surface area contributed by atoms with Crippen LogP contribution in [0.4, 0.5) is 0 Å². The molecule has 23 heavy (non-hydrogen) atoms. The number of ether oxygens (including phenoxy) is 2. The van der Waals surface area contributed by atoms with Crippen LogP contribution in [0.25, 0.3) is 0 Å². The van der Waals surface area contributed by atoms with Crippen molar-refractivity contribution in [2.75, 3.05) is 7.11 Å². The molecule has 4 nitrogen and oxygen atoms in total. The lowest BCUT2D eigenvalue weighted by molar-refractivity contribution is -0.107. The van der Waals surface area contributed by atoms with Gasteiger partial charge in [-0.2, -0.15) is 0 Å². The fourth-order valence-electron chi connectivity index (χ4n) is 3.00. The molecule has 0 amide bonds. The Morgan fingerprint density at radius 1 is 1.22 bits per heavy atom. The third kappa shape index (κ3) is 2.97. The van der Waals surface area contributed by atoms with Crippen molar-refractivity contribution >= 4 is 12.5 Å². The zero-order valence-corrected chi connectivity index (χ0v) is 13.0.